The summed E-state index contributed by atoms with van der Waals surface area (Å²) in [5, 5.41) is 11.2. The topological polar surface area (TPSA) is 115 Å². The first-order valence-electron chi connectivity index (χ1n) is 9.98. The second kappa shape index (κ2) is 7.61. The van der Waals surface area contributed by atoms with E-state index in [0.717, 1.165) is 68.7 Å². The Bertz CT molecular complexity index is 992. The molecule has 5 rings (SSSR count). The van der Waals surface area contributed by atoms with Crippen molar-refractivity contribution in [3.05, 3.63) is 36.3 Å². The van der Waals surface area contributed by atoms with Crippen LogP contribution in [-0.4, -0.2) is 48.9 Å². The molecule has 1 aliphatic carbocycles. The van der Waals surface area contributed by atoms with Crippen molar-refractivity contribution < 1.29 is 9.32 Å². The molecule has 1 N–H and O–H groups in total. The normalized spacial score (nSPS) is 17.2. The summed E-state index contributed by atoms with van der Waals surface area (Å²) >= 11 is 0. The number of aryl methyl sites for hydroxylation is 1. The molecule has 29 heavy (non-hydrogen) atoms. The zero-order valence-electron chi connectivity index (χ0n) is 16.0. The molecule has 4 heterocycles. The van der Waals surface area contributed by atoms with E-state index in [4.69, 9.17) is 4.52 Å². The predicted octanol–water partition coefficient (Wildman–Crippen LogP) is 1.78. The number of nitrogens with zero attached hydrogens (tertiary/aromatic N) is 7. The largest absolute Gasteiger partial charge is 0.356 e. The van der Waals surface area contributed by atoms with Crippen LogP contribution in [0.4, 0.5) is 11.7 Å². The van der Waals surface area contributed by atoms with E-state index in [1.807, 2.05) is 6.07 Å². The molecule has 0 bridgehead atoms. The van der Waals surface area contributed by atoms with Gasteiger partial charge < -0.3 is 9.42 Å². The van der Waals surface area contributed by atoms with Gasteiger partial charge in [0.25, 0.3) is 0 Å². The van der Waals surface area contributed by atoms with Crippen LogP contribution in [0.3, 0.4) is 0 Å². The third kappa shape index (κ3) is 3.57. The van der Waals surface area contributed by atoms with Crippen molar-refractivity contribution >= 4 is 17.6 Å². The Morgan fingerprint density at radius 3 is 2.76 bits per heavy atom. The van der Waals surface area contributed by atoms with Gasteiger partial charge in [0, 0.05) is 30.6 Å². The molecule has 150 valence electrons. The highest BCUT2D eigenvalue weighted by atomic mass is 16.5. The van der Waals surface area contributed by atoms with E-state index in [2.05, 4.69) is 35.4 Å². The summed E-state index contributed by atoms with van der Waals surface area (Å²) in [5.41, 5.74) is 2.07. The van der Waals surface area contributed by atoms with Crippen LogP contribution >= 0.6 is 0 Å². The summed E-state index contributed by atoms with van der Waals surface area (Å²) in [6.07, 6.45) is 10.2. The van der Waals surface area contributed by atoms with E-state index in [1.165, 1.54) is 12.7 Å². The van der Waals surface area contributed by atoms with E-state index >= 15 is 0 Å². The monoisotopic (exact) mass is 394 g/mol. The van der Waals surface area contributed by atoms with Crippen LogP contribution in [0.1, 0.15) is 36.9 Å². The molecule has 0 saturated carbocycles. The van der Waals surface area contributed by atoms with Crippen LogP contribution in [0.15, 0.2) is 29.6 Å². The number of carbonyl (C=O) groups excluding carboxylic acids is 1. The van der Waals surface area contributed by atoms with Gasteiger partial charge in [0.2, 0.25) is 11.8 Å². The minimum absolute atomic E-state index is 0.0140. The van der Waals surface area contributed by atoms with Gasteiger partial charge >= 0.3 is 0 Å². The first-order valence-corrected chi connectivity index (χ1v) is 9.98. The van der Waals surface area contributed by atoms with Crippen molar-refractivity contribution in [1.82, 2.24) is 29.9 Å². The molecule has 0 aromatic carbocycles. The summed E-state index contributed by atoms with van der Waals surface area (Å²) in [6, 6.07) is 1.88. The van der Waals surface area contributed by atoms with Crippen LogP contribution in [0.5, 0.6) is 0 Å². The first-order chi connectivity index (χ1) is 14.3. The van der Waals surface area contributed by atoms with Gasteiger partial charge in [0.1, 0.15) is 24.8 Å². The molecule has 1 saturated heterocycles. The maximum atomic E-state index is 12.7. The Morgan fingerprint density at radius 1 is 1.10 bits per heavy atom. The molecular weight excluding hydrogens is 372 g/mol. The average molecular weight is 394 g/mol. The highest BCUT2D eigenvalue weighted by Crippen LogP contribution is 2.29. The number of piperidine rings is 1. The van der Waals surface area contributed by atoms with Gasteiger partial charge in [-0.05, 0) is 38.5 Å². The van der Waals surface area contributed by atoms with Crippen molar-refractivity contribution in [2.45, 2.75) is 38.5 Å². The lowest BCUT2D eigenvalue weighted by Crippen LogP contribution is -2.38. The predicted molar refractivity (Wildman–Crippen MR) is 104 cm³/mol. The minimum atomic E-state index is -0.0489. The van der Waals surface area contributed by atoms with Crippen molar-refractivity contribution in [3.63, 3.8) is 0 Å². The van der Waals surface area contributed by atoms with Gasteiger partial charge in [-0.1, -0.05) is 5.16 Å². The van der Waals surface area contributed by atoms with Crippen LogP contribution in [0, 0.1) is 5.92 Å². The average Bonchev–Trinajstić information content (AvgIpc) is 3.45. The summed E-state index contributed by atoms with van der Waals surface area (Å²) in [5.74, 6) is 2.00. The smallest absolute Gasteiger partial charge is 0.234 e. The van der Waals surface area contributed by atoms with Crippen molar-refractivity contribution in [1.29, 1.82) is 0 Å². The summed E-state index contributed by atoms with van der Waals surface area (Å²) in [6.45, 7) is 1.50. The van der Waals surface area contributed by atoms with E-state index in [9.17, 15) is 4.79 Å². The van der Waals surface area contributed by atoms with Gasteiger partial charge in [-0.2, -0.15) is 5.10 Å². The SMILES string of the molecule is O=C(Nc1onc2c1CCCC2)C1CCN(c2cc(-n3cncn3)ncn2)CC1. The fourth-order valence-corrected chi connectivity index (χ4v) is 4.04. The Balaban J connectivity index is 1.21. The lowest BCUT2D eigenvalue weighted by molar-refractivity contribution is -0.120. The number of fused-ring (bicyclic) bond motifs is 1. The molecule has 1 aliphatic heterocycles. The van der Waals surface area contributed by atoms with Crippen LogP contribution < -0.4 is 10.2 Å². The summed E-state index contributed by atoms with van der Waals surface area (Å²) < 4.78 is 7.00. The van der Waals surface area contributed by atoms with E-state index in [-0.39, 0.29) is 11.8 Å². The Kier molecular flexibility index (Phi) is 4.66. The zero-order chi connectivity index (χ0) is 19.6. The molecule has 3 aromatic rings. The van der Waals surface area contributed by atoms with E-state index < -0.39 is 0 Å². The molecule has 10 nitrogen and oxygen atoms in total. The Hall–Kier alpha value is -3.30. The Labute approximate surface area is 167 Å². The third-order valence-electron chi connectivity index (χ3n) is 5.68. The number of hydrogen-bond donors (Lipinski definition) is 1. The minimum Gasteiger partial charge on any atom is -0.356 e. The third-order valence-corrected chi connectivity index (χ3v) is 5.68. The van der Waals surface area contributed by atoms with Gasteiger partial charge in [-0.15, -0.1) is 0 Å². The summed E-state index contributed by atoms with van der Waals surface area (Å²) in [7, 11) is 0. The van der Waals surface area contributed by atoms with Crippen molar-refractivity contribution in [2.24, 2.45) is 5.92 Å². The first kappa shape index (κ1) is 17.8. The van der Waals surface area contributed by atoms with E-state index in [1.54, 1.807) is 11.0 Å². The maximum absolute atomic E-state index is 12.7. The molecule has 1 amide bonds. The van der Waals surface area contributed by atoms with Crippen molar-refractivity contribution in [2.75, 3.05) is 23.3 Å². The standard InChI is InChI=1S/C19H22N8O2/c28-18(24-19-14-3-1-2-4-15(14)25-29-19)13-5-7-26(8-6-13)16-9-17(22-11-21-16)27-12-20-10-23-27/h9-13H,1-8H2,(H,24,28). The molecule has 0 unspecified atom stereocenters. The maximum Gasteiger partial charge on any atom is 0.234 e. The second-order valence-electron chi connectivity index (χ2n) is 7.47. The highest BCUT2D eigenvalue weighted by Gasteiger charge is 2.28. The lowest BCUT2D eigenvalue weighted by atomic mass is 9.95. The molecule has 10 heteroatoms. The molecular formula is C19H22N8O2. The Morgan fingerprint density at radius 2 is 1.93 bits per heavy atom. The number of aromatic nitrogens is 6. The molecule has 0 atom stereocenters. The number of nitrogens with one attached hydrogen (secondary N) is 1. The molecule has 0 radical (unpaired) electrons. The fraction of sp³-hybridized carbons (Fsp3) is 0.474. The van der Waals surface area contributed by atoms with E-state index in [0.29, 0.717) is 11.7 Å². The molecule has 3 aromatic heterocycles. The van der Waals surface area contributed by atoms with Gasteiger partial charge in [-0.3, -0.25) is 10.1 Å². The highest BCUT2D eigenvalue weighted by molar-refractivity contribution is 5.92. The molecule has 1 fully saturated rings. The number of carbonyl (C=O) groups is 1. The number of rotatable bonds is 4. The lowest BCUT2D eigenvalue weighted by Gasteiger charge is -2.32. The zero-order valence-corrected chi connectivity index (χ0v) is 16.0. The van der Waals surface area contributed by atoms with Gasteiger partial charge in [-0.25, -0.2) is 19.6 Å². The van der Waals surface area contributed by atoms with Crippen LogP contribution in [0.2, 0.25) is 0 Å². The van der Waals surface area contributed by atoms with Crippen LogP contribution in [-0.2, 0) is 17.6 Å². The van der Waals surface area contributed by atoms with Gasteiger partial charge in [0.05, 0.1) is 5.69 Å². The number of anilines is 2. The quantitative estimate of drug-likeness (QED) is 0.712. The molecule has 2 aliphatic rings. The summed E-state index contributed by atoms with van der Waals surface area (Å²) in [4.78, 5) is 27.5. The number of amides is 1. The van der Waals surface area contributed by atoms with Crippen LogP contribution in [0.25, 0.3) is 5.82 Å². The van der Waals surface area contributed by atoms with Crippen molar-refractivity contribution in [3.8, 4) is 5.82 Å². The second-order valence-corrected chi connectivity index (χ2v) is 7.47. The number of hydrogen-bond acceptors (Lipinski definition) is 8. The molecule has 0 spiro atoms. The van der Waals surface area contributed by atoms with Gasteiger partial charge in [0.15, 0.2) is 5.82 Å². The fourth-order valence-electron chi connectivity index (χ4n) is 4.04.